The molecule has 1 rings (SSSR count). The van der Waals surface area contributed by atoms with Crippen molar-refractivity contribution in [2.45, 2.75) is 18.6 Å². The highest BCUT2D eigenvalue weighted by molar-refractivity contribution is 5.85. The molecule has 0 heterocycles. The smallest absolute Gasteiger partial charge is 0.314 e. The molecule has 80 valence electrons. The number of hydrogen-bond donors (Lipinski definition) is 1. The van der Waals surface area contributed by atoms with Gasteiger partial charge in [-0.1, -0.05) is 30.3 Å². The fraction of sp³-hybridized carbons (Fsp3) is 0.333. The lowest BCUT2D eigenvalue weighted by Crippen LogP contribution is -2.47. The van der Waals surface area contributed by atoms with Crippen molar-refractivity contribution in [3.05, 3.63) is 35.9 Å². The average Bonchev–Trinajstić information content (AvgIpc) is 2.04. The SMILES string of the molecule is C[C@@](N)(c1ccccc1)C(F)(F)F.Cl. The zero-order chi connectivity index (χ0) is 10.1. The Balaban J connectivity index is 0.00000169. The van der Waals surface area contributed by atoms with Crippen LogP contribution in [0.1, 0.15) is 12.5 Å². The Morgan fingerprint density at radius 1 is 1.07 bits per heavy atom. The first-order chi connectivity index (χ1) is 5.86. The third-order valence-corrected chi connectivity index (χ3v) is 1.96. The van der Waals surface area contributed by atoms with Gasteiger partial charge in [0.2, 0.25) is 0 Å². The van der Waals surface area contributed by atoms with Crippen molar-refractivity contribution in [3.63, 3.8) is 0 Å². The van der Waals surface area contributed by atoms with E-state index < -0.39 is 11.7 Å². The topological polar surface area (TPSA) is 26.0 Å². The van der Waals surface area contributed by atoms with Crippen molar-refractivity contribution < 1.29 is 13.2 Å². The lowest BCUT2D eigenvalue weighted by molar-refractivity contribution is -0.184. The predicted molar refractivity (Wildman–Crippen MR) is 51.3 cm³/mol. The minimum absolute atomic E-state index is 0. The summed E-state index contributed by atoms with van der Waals surface area (Å²) in [5.74, 6) is 0. The molecule has 5 heteroatoms. The van der Waals surface area contributed by atoms with Gasteiger partial charge in [-0.05, 0) is 12.5 Å². The summed E-state index contributed by atoms with van der Waals surface area (Å²) in [4.78, 5) is 0. The molecule has 0 unspecified atom stereocenters. The molecule has 14 heavy (non-hydrogen) atoms. The number of hydrogen-bond acceptors (Lipinski definition) is 1. The Morgan fingerprint density at radius 3 is 1.86 bits per heavy atom. The van der Waals surface area contributed by atoms with Gasteiger partial charge in [-0.2, -0.15) is 13.2 Å². The van der Waals surface area contributed by atoms with Gasteiger partial charge in [-0.3, -0.25) is 0 Å². The van der Waals surface area contributed by atoms with E-state index in [-0.39, 0.29) is 18.0 Å². The number of alkyl halides is 3. The van der Waals surface area contributed by atoms with Gasteiger partial charge in [0.25, 0.3) is 0 Å². The number of nitrogens with two attached hydrogens (primary N) is 1. The molecule has 0 aromatic heterocycles. The summed E-state index contributed by atoms with van der Waals surface area (Å²) in [5, 5.41) is 0. The Kier molecular flexibility index (Phi) is 3.97. The van der Waals surface area contributed by atoms with Crippen molar-refractivity contribution in [1.82, 2.24) is 0 Å². The van der Waals surface area contributed by atoms with Crippen molar-refractivity contribution >= 4 is 12.4 Å². The van der Waals surface area contributed by atoms with E-state index in [9.17, 15) is 13.2 Å². The number of halogens is 4. The zero-order valence-corrected chi connectivity index (χ0v) is 8.32. The van der Waals surface area contributed by atoms with Crippen LogP contribution in [0.5, 0.6) is 0 Å². The normalized spacial score (nSPS) is 15.5. The van der Waals surface area contributed by atoms with E-state index in [0.717, 1.165) is 6.92 Å². The standard InChI is InChI=1S/C9H10F3N.ClH/c1-8(13,9(10,11)12)7-5-3-2-4-6-7;/h2-6H,13H2,1H3;1H/t8-;/m1./s1. The highest BCUT2D eigenvalue weighted by atomic mass is 35.5. The highest BCUT2D eigenvalue weighted by Crippen LogP contribution is 2.35. The number of benzene rings is 1. The van der Waals surface area contributed by atoms with Gasteiger partial charge in [0.1, 0.15) is 5.54 Å². The molecule has 1 aromatic carbocycles. The second-order valence-corrected chi connectivity index (χ2v) is 3.07. The summed E-state index contributed by atoms with van der Waals surface area (Å²) < 4.78 is 37.2. The summed E-state index contributed by atoms with van der Waals surface area (Å²) in [6.45, 7) is 0.961. The molecule has 1 atom stereocenters. The molecule has 0 aliphatic heterocycles. The third kappa shape index (κ3) is 2.39. The van der Waals surface area contributed by atoms with E-state index in [2.05, 4.69) is 0 Å². The van der Waals surface area contributed by atoms with Gasteiger partial charge in [-0.15, -0.1) is 12.4 Å². The largest absolute Gasteiger partial charge is 0.410 e. The third-order valence-electron chi connectivity index (χ3n) is 1.96. The maximum atomic E-state index is 12.4. The lowest BCUT2D eigenvalue weighted by Gasteiger charge is -2.27. The highest BCUT2D eigenvalue weighted by Gasteiger charge is 2.49. The second kappa shape index (κ2) is 4.19. The molecular formula is C9H11ClF3N. The summed E-state index contributed by atoms with van der Waals surface area (Å²) in [7, 11) is 0. The van der Waals surface area contributed by atoms with Gasteiger partial charge < -0.3 is 5.73 Å². The molecule has 0 saturated heterocycles. The van der Waals surface area contributed by atoms with E-state index in [0.29, 0.717) is 0 Å². The Morgan fingerprint density at radius 2 is 1.50 bits per heavy atom. The molecule has 0 aliphatic carbocycles. The van der Waals surface area contributed by atoms with Gasteiger partial charge in [0.15, 0.2) is 0 Å². The first kappa shape index (κ1) is 13.3. The van der Waals surface area contributed by atoms with Gasteiger partial charge in [0.05, 0.1) is 0 Å². The molecule has 1 aromatic rings. The van der Waals surface area contributed by atoms with E-state index in [1.807, 2.05) is 0 Å². The van der Waals surface area contributed by atoms with Crippen molar-refractivity contribution in [1.29, 1.82) is 0 Å². The maximum absolute atomic E-state index is 12.4. The molecular weight excluding hydrogens is 215 g/mol. The van der Waals surface area contributed by atoms with Crippen LogP contribution in [0.15, 0.2) is 30.3 Å². The molecule has 0 saturated carbocycles. The van der Waals surface area contributed by atoms with Gasteiger partial charge >= 0.3 is 6.18 Å². The summed E-state index contributed by atoms with van der Waals surface area (Å²) in [5.41, 5.74) is 2.99. The quantitative estimate of drug-likeness (QED) is 0.782. The fourth-order valence-corrected chi connectivity index (χ4v) is 0.948. The first-order valence-corrected chi connectivity index (χ1v) is 3.77. The zero-order valence-electron chi connectivity index (χ0n) is 7.51. The summed E-state index contributed by atoms with van der Waals surface area (Å²) in [6.07, 6.45) is -4.42. The van der Waals surface area contributed by atoms with Gasteiger partial charge in [0, 0.05) is 0 Å². The molecule has 2 N–H and O–H groups in total. The molecule has 0 fully saturated rings. The molecule has 0 bridgehead atoms. The van der Waals surface area contributed by atoms with Crippen LogP contribution in [0.3, 0.4) is 0 Å². The van der Waals surface area contributed by atoms with Crippen LogP contribution in [0.25, 0.3) is 0 Å². The van der Waals surface area contributed by atoms with Crippen LogP contribution in [0.4, 0.5) is 13.2 Å². The van der Waals surface area contributed by atoms with Crippen molar-refractivity contribution in [2.75, 3.05) is 0 Å². The van der Waals surface area contributed by atoms with E-state index >= 15 is 0 Å². The van der Waals surface area contributed by atoms with Crippen LogP contribution in [0.2, 0.25) is 0 Å². The fourth-order valence-electron chi connectivity index (χ4n) is 0.948. The van der Waals surface area contributed by atoms with Crippen LogP contribution in [-0.4, -0.2) is 6.18 Å². The molecule has 1 nitrogen and oxygen atoms in total. The summed E-state index contributed by atoms with van der Waals surface area (Å²) >= 11 is 0. The van der Waals surface area contributed by atoms with E-state index in [4.69, 9.17) is 5.73 Å². The average molecular weight is 226 g/mol. The monoisotopic (exact) mass is 225 g/mol. The second-order valence-electron chi connectivity index (χ2n) is 3.07. The molecule has 0 spiro atoms. The minimum atomic E-state index is -4.42. The van der Waals surface area contributed by atoms with E-state index in [1.54, 1.807) is 6.07 Å². The molecule has 0 amide bonds. The Labute approximate surface area is 86.5 Å². The van der Waals surface area contributed by atoms with Crippen LogP contribution in [0, 0.1) is 0 Å². The Bertz CT molecular complexity index is 282. The number of rotatable bonds is 1. The molecule has 0 aliphatic rings. The van der Waals surface area contributed by atoms with Crippen LogP contribution in [-0.2, 0) is 5.54 Å². The maximum Gasteiger partial charge on any atom is 0.410 e. The Hall–Kier alpha value is -0.740. The lowest BCUT2D eigenvalue weighted by atomic mass is 9.93. The first-order valence-electron chi connectivity index (χ1n) is 3.77. The minimum Gasteiger partial charge on any atom is -0.314 e. The van der Waals surface area contributed by atoms with Crippen molar-refractivity contribution in [3.8, 4) is 0 Å². The van der Waals surface area contributed by atoms with Crippen molar-refractivity contribution in [2.24, 2.45) is 5.73 Å². The molecule has 0 radical (unpaired) electrons. The van der Waals surface area contributed by atoms with Crippen LogP contribution >= 0.6 is 12.4 Å². The van der Waals surface area contributed by atoms with Crippen LogP contribution < -0.4 is 5.73 Å². The van der Waals surface area contributed by atoms with Gasteiger partial charge in [-0.25, -0.2) is 0 Å². The summed E-state index contributed by atoms with van der Waals surface area (Å²) in [6, 6.07) is 7.45. The predicted octanol–water partition coefficient (Wildman–Crippen LogP) is 2.84. The van der Waals surface area contributed by atoms with E-state index in [1.165, 1.54) is 24.3 Å².